The van der Waals surface area contributed by atoms with Crippen LogP contribution in [0.3, 0.4) is 0 Å². The van der Waals surface area contributed by atoms with Crippen LogP contribution in [0.15, 0.2) is 63.4 Å². The van der Waals surface area contributed by atoms with Gasteiger partial charge in [-0.1, -0.05) is 35.9 Å². The Morgan fingerprint density at radius 3 is 2.61 bits per heavy atom. The van der Waals surface area contributed by atoms with Crippen molar-refractivity contribution in [3.8, 4) is 11.7 Å². The number of nitrogens with one attached hydrogen (secondary N) is 1. The van der Waals surface area contributed by atoms with E-state index in [0.717, 1.165) is 16.7 Å². The van der Waals surface area contributed by atoms with Crippen molar-refractivity contribution in [2.75, 3.05) is 5.32 Å². The Bertz CT molecular complexity index is 905. The first-order valence-electron chi connectivity index (χ1n) is 7.40. The summed E-state index contributed by atoms with van der Waals surface area (Å²) in [7, 11) is 0. The third kappa shape index (κ3) is 2.81. The number of aryl methyl sites for hydroxylation is 1. The van der Waals surface area contributed by atoms with Crippen LogP contribution < -0.4 is 5.32 Å². The average Bonchev–Trinajstić information content (AvgIpc) is 3.21. The van der Waals surface area contributed by atoms with Crippen LogP contribution in [0.2, 0.25) is 0 Å². The van der Waals surface area contributed by atoms with E-state index in [4.69, 9.17) is 8.83 Å². The molecule has 4 aromatic rings. The lowest BCUT2D eigenvalue weighted by Crippen LogP contribution is -1.99. The molecule has 0 spiro atoms. The molecule has 0 bridgehead atoms. The zero-order chi connectivity index (χ0) is 15.6. The Morgan fingerprint density at radius 2 is 1.78 bits per heavy atom. The highest BCUT2D eigenvalue weighted by Crippen LogP contribution is 2.26. The van der Waals surface area contributed by atoms with Gasteiger partial charge in [0.25, 0.3) is 5.89 Å². The predicted molar refractivity (Wildman–Crippen MR) is 88.0 cm³/mol. The summed E-state index contributed by atoms with van der Waals surface area (Å²) in [5.74, 6) is 1.49. The minimum atomic E-state index is 0.391. The Morgan fingerprint density at radius 1 is 0.957 bits per heavy atom. The molecule has 5 heteroatoms. The van der Waals surface area contributed by atoms with E-state index in [1.54, 1.807) is 0 Å². The minimum Gasteiger partial charge on any atom is -0.451 e. The summed E-state index contributed by atoms with van der Waals surface area (Å²) >= 11 is 0. The van der Waals surface area contributed by atoms with Crippen LogP contribution in [-0.4, -0.2) is 10.2 Å². The zero-order valence-electron chi connectivity index (χ0n) is 12.6. The van der Waals surface area contributed by atoms with E-state index >= 15 is 0 Å². The maximum atomic E-state index is 5.73. The van der Waals surface area contributed by atoms with Gasteiger partial charge in [-0.25, -0.2) is 0 Å². The summed E-state index contributed by atoms with van der Waals surface area (Å²) in [6.45, 7) is 2.53. The second-order valence-electron chi connectivity index (χ2n) is 5.37. The van der Waals surface area contributed by atoms with Crippen molar-refractivity contribution >= 4 is 16.7 Å². The third-order valence-corrected chi connectivity index (χ3v) is 3.60. The smallest absolute Gasteiger partial charge is 0.283 e. The summed E-state index contributed by atoms with van der Waals surface area (Å²) in [4.78, 5) is 0. The van der Waals surface area contributed by atoms with Gasteiger partial charge in [-0.05, 0) is 31.2 Å². The van der Waals surface area contributed by atoms with Crippen LogP contribution in [0.5, 0.6) is 0 Å². The quantitative estimate of drug-likeness (QED) is 0.605. The van der Waals surface area contributed by atoms with Gasteiger partial charge in [0.1, 0.15) is 5.58 Å². The number of hydrogen-bond donors (Lipinski definition) is 1. The van der Waals surface area contributed by atoms with Crippen molar-refractivity contribution in [3.63, 3.8) is 0 Å². The summed E-state index contributed by atoms with van der Waals surface area (Å²) < 4.78 is 11.4. The Kier molecular flexibility index (Phi) is 3.31. The molecular weight excluding hydrogens is 290 g/mol. The molecule has 2 aromatic carbocycles. The normalized spacial score (nSPS) is 11.0. The van der Waals surface area contributed by atoms with E-state index in [1.165, 1.54) is 5.56 Å². The van der Waals surface area contributed by atoms with Crippen molar-refractivity contribution in [1.29, 1.82) is 0 Å². The van der Waals surface area contributed by atoms with Crippen molar-refractivity contribution < 1.29 is 8.83 Å². The number of fused-ring (bicyclic) bond motifs is 1. The molecule has 0 saturated heterocycles. The molecule has 23 heavy (non-hydrogen) atoms. The molecule has 0 aliphatic carbocycles. The summed E-state index contributed by atoms with van der Waals surface area (Å²) in [6, 6.07) is 17.8. The monoisotopic (exact) mass is 305 g/mol. The first-order valence-corrected chi connectivity index (χ1v) is 7.40. The lowest BCUT2D eigenvalue weighted by molar-refractivity contribution is 0.494. The van der Waals surface area contributed by atoms with E-state index in [1.807, 2.05) is 42.5 Å². The molecule has 0 aliphatic heterocycles. The Labute approximate surface area is 133 Å². The highest BCUT2D eigenvalue weighted by molar-refractivity contribution is 5.81. The second kappa shape index (κ2) is 5.61. The average molecular weight is 305 g/mol. The maximum absolute atomic E-state index is 5.73. The molecule has 1 N–H and O–H groups in total. The van der Waals surface area contributed by atoms with E-state index in [2.05, 4.69) is 34.6 Å². The lowest BCUT2D eigenvalue weighted by Gasteiger charge is -2.03. The standard InChI is InChI=1S/C18H15N3O2/c1-12-6-8-14(9-7-12)19-11-17-20-21-18(23-17)16-10-13-4-2-3-5-15(13)22-16/h2-10,19H,11H2,1H3. The highest BCUT2D eigenvalue weighted by Gasteiger charge is 2.13. The van der Waals surface area contributed by atoms with Crippen molar-refractivity contribution in [2.45, 2.75) is 13.5 Å². The molecular formula is C18H15N3O2. The fraction of sp³-hybridized carbons (Fsp3) is 0.111. The van der Waals surface area contributed by atoms with Gasteiger partial charge in [0.05, 0.1) is 6.54 Å². The fourth-order valence-electron chi connectivity index (χ4n) is 2.36. The molecule has 0 saturated carbocycles. The number of aromatic nitrogens is 2. The van der Waals surface area contributed by atoms with E-state index in [9.17, 15) is 0 Å². The first-order chi connectivity index (χ1) is 11.3. The second-order valence-corrected chi connectivity index (χ2v) is 5.37. The maximum Gasteiger partial charge on any atom is 0.283 e. The molecule has 0 unspecified atom stereocenters. The molecule has 0 aliphatic rings. The van der Waals surface area contributed by atoms with Crippen LogP contribution in [0.4, 0.5) is 5.69 Å². The predicted octanol–water partition coefficient (Wildman–Crippen LogP) is 4.40. The zero-order valence-corrected chi connectivity index (χ0v) is 12.6. The largest absolute Gasteiger partial charge is 0.451 e. The number of hydrogen-bond acceptors (Lipinski definition) is 5. The van der Waals surface area contributed by atoms with Crippen molar-refractivity contribution in [3.05, 3.63) is 66.1 Å². The van der Waals surface area contributed by atoms with Gasteiger partial charge in [-0.3, -0.25) is 0 Å². The minimum absolute atomic E-state index is 0.391. The van der Waals surface area contributed by atoms with E-state index in [-0.39, 0.29) is 0 Å². The van der Waals surface area contributed by atoms with Gasteiger partial charge >= 0.3 is 0 Å². The molecule has 114 valence electrons. The molecule has 4 rings (SSSR count). The molecule has 0 radical (unpaired) electrons. The van der Waals surface area contributed by atoms with Crippen molar-refractivity contribution in [1.82, 2.24) is 10.2 Å². The highest BCUT2D eigenvalue weighted by atomic mass is 16.4. The first kappa shape index (κ1) is 13.6. The van der Waals surface area contributed by atoms with Gasteiger partial charge in [0.2, 0.25) is 5.89 Å². The van der Waals surface area contributed by atoms with Crippen LogP contribution in [-0.2, 0) is 6.54 Å². The molecule has 0 atom stereocenters. The summed E-state index contributed by atoms with van der Waals surface area (Å²) in [6.07, 6.45) is 0. The number of benzene rings is 2. The van der Waals surface area contributed by atoms with Gasteiger partial charge < -0.3 is 14.2 Å². The molecule has 2 aromatic heterocycles. The van der Waals surface area contributed by atoms with Crippen LogP contribution in [0.25, 0.3) is 22.6 Å². The van der Waals surface area contributed by atoms with Gasteiger partial charge in [0, 0.05) is 11.1 Å². The van der Waals surface area contributed by atoms with Crippen LogP contribution in [0, 0.1) is 6.92 Å². The van der Waals surface area contributed by atoms with E-state index in [0.29, 0.717) is 24.1 Å². The lowest BCUT2D eigenvalue weighted by atomic mass is 10.2. The number of nitrogens with zero attached hydrogens (tertiary/aromatic N) is 2. The van der Waals surface area contributed by atoms with Crippen LogP contribution in [0.1, 0.15) is 11.5 Å². The SMILES string of the molecule is Cc1ccc(NCc2nnc(-c3cc4ccccc4o3)o2)cc1. The Balaban J connectivity index is 1.51. The molecule has 2 heterocycles. The number of anilines is 1. The summed E-state index contributed by atoms with van der Waals surface area (Å²) in [5, 5.41) is 12.4. The summed E-state index contributed by atoms with van der Waals surface area (Å²) in [5.41, 5.74) is 3.04. The van der Waals surface area contributed by atoms with Gasteiger partial charge in [-0.15, -0.1) is 10.2 Å². The molecule has 0 fully saturated rings. The number of rotatable bonds is 4. The molecule has 5 nitrogen and oxygen atoms in total. The molecule has 0 amide bonds. The topological polar surface area (TPSA) is 64.1 Å². The fourth-order valence-corrected chi connectivity index (χ4v) is 2.36. The van der Waals surface area contributed by atoms with Crippen LogP contribution >= 0.6 is 0 Å². The number of furan rings is 1. The van der Waals surface area contributed by atoms with Gasteiger partial charge in [-0.2, -0.15) is 0 Å². The number of para-hydroxylation sites is 1. The van der Waals surface area contributed by atoms with E-state index < -0.39 is 0 Å². The Hall–Kier alpha value is -3.08. The van der Waals surface area contributed by atoms with Crippen molar-refractivity contribution in [2.24, 2.45) is 0 Å². The third-order valence-electron chi connectivity index (χ3n) is 3.60. The van der Waals surface area contributed by atoms with Gasteiger partial charge in [0.15, 0.2) is 5.76 Å².